The van der Waals surface area contributed by atoms with Gasteiger partial charge in [-0.15, -0.1) is 0 Å². The summed E-state index contributed by atoms with van der Waals surface area (Å²) in [5.74, 6) is 2.46. The van der Waals surface area contributed by atoms with Crippen LogP contribution in [0.15, 0.2) is 10.5 Å². The summed E-state index contributed by atoms with van der Waals surface area (Å²) in [7, 11) is 0. The Morgan fingerprint density at radius 1 is 1.33 bits per heavy atom. The van der Waals surface area contributed by atoms with Gasteiger partial charge in [0.15, 0.2) is 0 Å². The summed E-state index contributed by atoms with van der Waals surface area (Å²) in [4.78, 5) is 0. The van der Waals surface area contributed by atoms with E-state index < -0.39 is 0 Å². The minimum atomic E-state index is 0.123. The fourth-order valence-corrected chi connectivity index (χ4v) is 1.59. The van der Waals surface area contributed by atoms with Crippen molar-refractivity contribution in [3.63, 3.8) is 0 Å². The van der Waals surface area contributed by atoms with Crippen LogP contribution in [0.3, 0.4) is 0 Å². The molecule has 0 radical (unpaired) electrons. The number of furan rings is 1. The Hall–Kier alpha value is -0.800. The van der Waals surface area contributed by atoms with Gasteiger partial charge < -0.3 is 14.5 Å². The first-order valence-electron chi connectivity index (χ1n) is 6.69. The van der Waals surface area contributed by atoms with Gasteiger partial charge in [-0.3, -0.25) is 0 Å². The molecule has 0 amide bonds. The average molecular weight is 253 g/mol. The lowest BCUT2D eigenvalue weighted by Gasteiger charge is -2.20. The monoisotopic (exact) mass is 253 g/mol. The first-order valence-corrected chi connectivity index (χ1v) is 6.69. The first-order chi connectivity index (χ1) is 8.28. The molecule has 0 fully saturated rings. The summed E-state index contributed by atoms with van der Waals surface area (Å²) in [6.45, 7) is 15.0. The van der Waals surface area contributed by atoms with E-state index in [4.69, 9.17) is 9.15 Å². The molecule has 0 saturated carbocycles. The SMILES string of the molecule is Cc1oc(COCC(C)C)cc1CNC(C)(C)C. The predicted molar refractivity (Wildman–Crippen MR) is 74.5 cm³/mol. The van der Waals surface area contributed by atoms with Gasteiger partial charge in [0.2, 0.25) is 0 Å². The van der Waals surface area contributed by atoms with E-state index in [1.165, 1.54) is 5.56 Å². The van der Waals surface area contributed by atoms with Gasteiger partial charge in [-0.2, -0.15) is 0 Å². The highest BCUT2D eigenvalue weighted by Crippen LogP contribution is 2.16. The zero-order valence-electron chi connectivity index (χ0n) is 12.6. The minimum absolute atomic E-state index is 0.123. The Bertz CT molecular complexity index is 361. The molecule has 104 valence electrons. The fourth-order valence-electron chi connectivity index (χ4n) is 1.59. The van der Waals surface area contributed by atoms with Crippen molar-refractivity contribution in [3.8, 4) is 0 Å². The van der Waals surface area contributed by atoms with Crippen LogP contribution in [-0.2, 0) is 17.9 Å². The molecule has 18 heavy (non-hydrogen) atoms. The predicted octanol–water partition coefficient (Wildman–Crippen LogP) is 3.65. The molecule has 1 aromatic rings. The second-order valence-electron chi connectivity index (χ2n) is 6.31. The van der Waals surface area contributed by atoms with Gasteiger partial charge in [0, 0.05) is 24.3 Å². The molecule has 1 heterocycles. The molecular weight excluding hydrogens is 226 g/mol. The average Bonchev–Trinajstić information content (AvgIpc) is 2.54. The molecule has 0 aromatic carbocycles. The topological polar surface area (TPSA) is 34.4 Å². The Morgan fingerprint density at radius 3 is 2.56 bits per heavy atom. The zero-order chi connectivity index (χ0) is 13.8. The summed E-state index contributed by atoms with van der Waals surface area (Å²) in [6, 6.07) is 2.09. The number of hydrogen-bond acceptors (Lipinski definition) is 3. The van der Waals surface area contributed by atoms with Crippen LogP contribution in [0.1, 0.15) is 51.7 Å². The maximum absolute atomic E-state index is 5.70. The van der Waals surface area contributed by atoms with Gasteiger partial charge in [0.25, 0.3) is 0 Å². The van der Waals surface area contributed by atoms with Crippen LogP contribution >= 0.6 is 0 Å². The van der Waals surface area contributed by atoms with Crippen molar-refractivity contribution < 1.29 is 9.15 Å². The van der Waals surface area contributed by atoms with Crippen LogP contribution < -0.4 is 5.32 Å². The van der Waals surface area contributed by atoms with Crippen LogP contribution in [0.5, 0.6) is 0 Å². The van der Waals surface area contributed by atoms with E-state index in [0.717, 1.165) is 24.7 Å². The summed E-state index contributed by atoms with van der Waals surface area (Å²) in [5.41, 5.74) is 1.34. The molecule has 0 unspecified atom stereocenters. The Labute approximate surface area is 111 Å². The molecule has 0 spiro atoms. The number of aryl methyl sites for hydroxylation is 1. The highest BCUT2D eigenvalue weighted by Gasteiger charge is 2.12. The third-order valence-electron chi connectivity index (χ3n) is 2.58. The van der Waals surface area contributed by atoms with Gasteiger partial charge in [-0.05, 0) is 39.7 Å². The third kappa shape index (κ3) is 5.69. The van der Waals surface area contributed by atoms with Crippen molar-refractivity contribution in [1.29, 1.82) is 0 Å². The number of hydrogen-bond donors (Lipinski definition) is 1. The van der Waals surface area contributed by atoms with E-state index in [2.05, 4.69) is 46.0 Å². The van der Waals surface area contributed by atoms with Crippen molar-refractivity contribution in [2.24, 2.45) is 5.92 Å². The van der Waals surface area contributed by atoms with E-state index in [1.54, 1.807) is 0 Å². The smallest absolute Gasteiger partial charge is 0.130 e. The van der Waals surface area contributed by atoms with Gasteiger partial charge in [0.1, 0.15) is 18.1 Å². The van der Waals surface area contributed by atoms with Crippen LogP contribution in [0.4, 0.5) is 0 Å². The molecule has 3 heteroatoms. The lowest BCUT2D eigenvalue weighted by molar-refractivity contribution is 0.0841. The normalized spacial score (nSPS) is 12.4. The van der Waals surface area contributed by atoms with E-state index in [9.17, 15) is 0 Å². The quantitative estimate of drug-likeness (QED) is 0.840. The Balaban J connectivity index is 2.48. The molecule has 1 rings (SSSR count). The minimum Gasteiger partial charge on any atom is -0.464 e. The van der Waals surface area contributed by atoms with Crippen molar-refractivity contribution in [2.75, 3.05) is 6.61 Å². The number of ether oxygens (including phenoxy) is 1. The van der Waals surface area contributed by atoms with Gasteiger partial charge >= 0.3 is 0 Å². The maximum Gasteiger partial charge on any atom is 0.130 e. The van der Waals surface area contributed by atoms with Crippen molar-refractivity contribution in [2.45, 2.75) is 60.2 Å². The molecule has 0 aliphatic carbocycles. The van der Waals surface area contributed by atoms with Crippen molar-refractivity contribution in [1.82, 2.24) is 5.32 Å². The summed E-state index contributed by atoms with van der Waals surface area (Å²) in [6.07, 6.45) is 0. The first kappa shape index (κ1) is 15.3. The van der Waals surface area contributed by atoms with Gasteiger partial charge in [-0.25, -0.2) is 0 Å². The second-order valence-corrected chi connectivity index (χ2v) is 6.31. The Morgan fingerprint density at radius 2 is 2.00 bits per heavy atom. The summed E-state index contributed by atoms with van der Waals surface area (Å²) in [5, 5.41) is 3.47. The highest BCUT2D eigenvalue weighted by atomic mass is 16.5. The standard InChI is InChI=1S/C15H27NO2/c1-11(2)9-17-10-14-7-13(12(3)18-14)8-16-15(4,5)6/h7,11,16H,8-10H2,1-6H3. The fraction of sp³-hybridized carbons (Fsp3) is 0.733. The van der Waals surface area contributed by atoms with E-state index in [-0.39, 0.29) is 5.54 Å². The lowest BCUT2D eigenvalue weighted by atomic mass is 10.1. The molecule has 0 aliphatic rings. The molecule has 1 aromatic heterocycles. The van der Waals surface area contributed by atoms with Crippen LogP contribution in [0.2, 0.25) is 0 Å². The third-order valence-corrected chi connectivity index (χ3v) is 2.58. The van der Waals surface area contributed by atoms with Crippen LogP contribution in [0, 0.1) is 12.8 Å². The molecule has 0 saturated heterocycles. The lowest BCUT2D eigenvalue weighted by Crippen LogP contribution is -2.35. The second kappa shape index (κ2) is 6.39. The van der Waals surface area contributed by atoms with E-state index in [1.807, 2.05) is 6.92 Å². The molecular formula is C15H27NO2. The number of nitrogens with one attached hydrogen (secondary N) is 1. The van der Waals surface area contributed by atoms with Crippen molar-refractivity contribution >= 4 is 0 Å². The number of rotatable bonds is 6. The van der Waals surface area contributed by atoms with E-state index >= 15 is 0 Å². The van der Waals surface area contributed by atoms with Gasteiger partial charge in [0.05, 0.1) is 0 Å². The Kier molecular flexibility index (Phi) is 5.42. The van der Waals surface area contributed by atoms with Gasteiger partial charge in [-0.1, -0.05) is 13.8 Å². The van der Waals surface area contributed by atoms with Crippen LogP contribution in [0.25, 0.3) is 0 Å². The largest absolute Gasteiger partial charge is 0.464 e. The van der Waals surface area contributed by atoms with E-state index in [0.29, 0.717) is 12.5 Å². The maximum atomic E-state index is 5.70. The van der Waals surface area contributed by atoms with Crippen LogP contribution in [-0.4, -0.2) is 12.1 Å². The highest BCUT2D eigenvalue weighted by molar-refractivity contribution is 5.20. The molecule has 1 N–H and O–H groups in total. The summed E-state index contributed by atoms with van der Waals surface area (Å²) >= 11 is 0. The molecule has 3 nitrogen and oxygen atoms in total. The molecule has 0 atom stereocenters. The molecule has 0 bridgehead atoms. The molecule has 0 aliphatic heterocycles. The summed E-state index contributed by atoms with van der Waals surface area (Å²) < 4.78 is 11.3. The zero-order valence-corrected chi connectivity index (χ0v) is 12.6. The van der Waals surface area contributed by atoms with Crippen molar-refractivity contribution in [3.05, 3.63) is 23.2 Å².